The number of halogens is 3. The lowest BCUT2D eigenvalue weighted by Gasteiger charge is -2.11. The Morgan fingerprint density at radius 3 is 3.00 bits per heavy atom. The van der Waals surface area contributed by atoms with Crippen LogP contribution in [0.1, 0.15) is 29.6 Å². The highest BCUT2D eigenvalue weighted by Gasteiger charge is 2.15. The molecule has 1 heterocycles. The molecule has 2 rings (SSSR count). The third-order valence-corrected chi connectivity index (χ3v) is 3.35. The molecule has 0 saturated carbocycles. The molecule has 3 nitrogen and oxygen atoms in total. The second kappa shape index (κ2) is 7.68. The zero-order valence-corrected chi connectivity index (χ0v) is 12.0. The number of amides is 1. The number of carbonyl (C=O) groups excluding carboxylic acids is 1. The number of carbonyl (C=O) groups is 1. The van der Waals surface area contributed by atoms with E-state index in [0.29, 0.717) is 17.6 Å². The van der Waals surface area contributed by atoms with E-state index in [1.807, 2.05) is 0 Å². The third-order valence-electron chi connectivity index (χ3n) is 3.11. The van der Waals surface area contributed by atoms with Crippen LogP contribution in [0, 0.1) is 5.82 Å². The molecule has 1 aliphatic rings. The van der Waals surface area contributed by atoms with E-state index in [2.05, 4.69) is 10.6 Å². The maximum atomic E-state index is 13.4. The lowest BCUT2D eigenvalue weighted by molar-refractivity contribution is 0.0948. The Hall–Kier alpha value is -0.840. The monoisotopic (exact) mass is 306 g/mol. The van der Waals surface area contributed by atoms with Gasteiger partial charge in [-0.05, 0) is 44.0 Å². The lowest BCUT2D eigenvalue weighted by atomic mass is 10.1. The maximum absolute atomic E-state index is 13.4. The summed E-state index contributed by atoms with van der Waals surface area (Å²) in [4.78, 5) is 11.8. The largest absolute Gasteiger partial charge is 0.352 e. The molecule has 0 aliphatic carbocycles. The van der Waals surface area contributed by atoms with Gasteiger partial charge in [0, 0.05) is 17.6 Å². The Labute approximate surface area is 123 Å². The van der Waals surface area contributed by atoms with Gasteiger partial charge in [0.15, 0.2) is 0 Å². The van der Waals surface area contributed by atoms with E-state index in [0.717, 1.165) is 19.4 Å². The predicted octanol–water partition coefficient (Wildman–Crippen LogP) is 2.77. The van der Waals surface area contributed by atoms with Crippen LogP contribution >= 0.6 is 24.0 Å². The van der Waals surface area contributed by atoms with Crippen LogP contribution < -0.4 is 10.6 Å². The van der Waals surface area contributed by atoms with Crippen molar-refractivity contribution in [3.8, 4) is 0 Å². The quantitative estimate of drug-likeness (QED) is 0.898. The van der Waals surface area contributed by atoms with E-state index in [-0.39, 0.29) is 18.0 Å². The van der Waals surface area contributed by atoms with Crippen molar-refractivity contribution in [1.29, 1.82) is 0 Å². The van der Waals surface area contributed by atoms with Crippen molar-refractivity contribution in [2.45, 2.75) is 25.3 Å². The Bertz CT molecular complexity index is 437. The third kappa shape index (κ3) is 4.64. The van der Waals surface area contributed by atoms with E-state index in [1.165, 1.54) is 24.6 Å². The molecule has 1 saturated heterocycles. The molecule has 0 aromatic heterocycles. The molecule has 1 aromatic carbocycles. The van der Waals surface area contributed by atoms with Crippen molar-refractivity contribution in [2.24, 2.45) is 0 Å². The van der Waals surface area contributed by atoms with Crippen molar-refractivity contribution in [3.63, 3.8) is 0 Å². The van der Waals surface area contributed by atoms with E-state index in [9.17, 15) is 9.18 Å². The molecule has 19 heavy (non-hydrogen) atoms. The molecule has 0 spiro atoms. The van der Waals surface area contributed by atoms with Crippen LogP contribution in [-0.2, 0) is 0 Å². The van der Waals surface area contributed by atoms with E-state index < -0.39 is 11.7 Å². The number of benzene rings is 1. The van der Waals surface area contributed by atoms with Crippen LogP contribution in [0.3, 0.4) is 0 Å². The second-order valence-electron chi connectivity index (χ2n) is 4.46. The van der Waals surface area contributed by atoms with Gasteiger partial charge in [0.25, 0.3) is 5.91 Å². The minimum absolute atomic E-state index is 0. The van der Waals surface area contributed by atoms with Gasteiger partial charge in [-0.1, -0.05) is 11.6 Å². The van der Waals surface area contributed by atoms with Gasteiger partial charge in [0.05, 0.1) is 5.56 Å². The predicted molar refractivity (Wildman–Crippen MR) is 76.6 cm³/mol. The van der Waals surface area contributed by atoms with Gasteiger partial charge in [0.1, 0.15) is 5.82 Å². The molecule has 1 aromatic rings. The van der Waals surface area contributed by atoms with Gasteiger partial charge in [-0.25, -0.2) is 4.39 Å². The summed E-state index contributed by atoms with van der Waals surface area (Å²) in [6.07, 6.45) is 3.19. The molecule has 106 valence electrons. The van der Waals surface area contributed by atoms with Crippen LogP contribution in [0.5, 0.6) is 0 Å². The summed E-state index contributed by atoms with van der Waals surface area (Å²) in [5.74, 6) is -0.955. The number of hydrogen-bond acceptors (Lipinski definition) is 2. The average molecular weight is 307 g/mol. The molecule has 1 fully saturated rings. The molecule has 0 radical (unpaired) electrons. The summed E-state index contributed by atoms with van der Waals surface area (Å²) in [7, 11) is 0. The minimum atomic E-state index is -0.545. The van der Waals surface area contributed by atoms with Crippen LogP contribution in [0.4, 0.5) is 4.39 Å². The SMILES string of the molecule is Cl.O=C(NCC[C@H]1CCCN1)c1cc(Cl)ccc1F. The molecule has 1 atom stereocenters. The van der Waals surface area contributed by atoms with Gasteiger partial charge in [-0.3, -0.25) is 4.79 Å². The number of nitrogens with one attached hydrogen (secondary N) is 2. The molecule has 1 aliphatic heterocycles. The first kappa shape index (κ1) is 16.2. The summed E-state index contributed by atoms with van der Waals surface area (Å²) >= 11 is 5.74. The fourth-order valence-corrected chi connectivity index (χ4v) is 2.30. The Kier molecular flexibility index (Phi) is 6.55. The van der Waals surface area contributed by atoms with Gasteiger partial charge >= 0.3 is 0 Å². The van der Waals surface area contributed by atoms with E-state index >= 15 is 0 Å². The fraction of sp³-hybridized carbons (Fsp3) is 0.462. The van der Waals surface area contributed by atoms with Crippen molar-refractivity contribution in [1.82, 2.24) is 10.6 Å². The zero-order valence-electron chi connectivity index (χ0n) is 10.4. The molecular formula is C13H17Cl2FN2O. The van der Waals surface area contributed by atoms with Crippen LogP contribution in [-0.4, -0.2) is 25.0 Å². The topological polar surface area (TPSA) is 41.1 Å². The minimum Gasteiger partial charge on any atom is -0.352 e. The summed E-state index contributed by atoms with van der Waals surface area (Å²) in [5, 5.41) is 6.42. The average Bonchev–Trinajstić information content (AvgIpc) is 2.85. The lowest BCUT2D eigenvalue weighted by Crippen LogP contribution is -2.31. The number of hydrogen-bond donors (Lipinski definition) is 2. The van der Waals surface area contributed by atoms with Crippen molar-refractivity contribution >= 4 is 29.9 Å². The maximum Gasteiger partial charge on any atom is 0.254 e. The Balaban J connectivity index is 0.00000180. The highest BCUT2D eigenvalue weighted by molar-refractivity contribution is 6.30. The highest BCUT2D eigenvalue weighted by atomic mass is 35.5. The van der Waals surface area contributed by atoms with Gasteiger partial charge in [0.2, 0.25) is 0 Å². The highest BCUT2D eigenvalue weighted by Crippen LogP contribution is 2.15. The van der Waals surface area contributed by atoms with Crippen LogP contribution in [0.15, 0.2) is 18.2 Å². The fourth-order valence-electron chi connectivity index (χ4n) is 2.13. The Morgan fingerprint density at radius 1 is 1.53 bits per heavy atom. The Morgan fingerprint density at radius 2 is 2.32 bits per heavy atom. The first-order valence-corrected chi connectivity index (χ1v) is 6.51. The zero-order chi connectivity index (χ0) is 13.0. The normalized spacial score (nSPS) is 17.9. The second-order valence-corrected chi connectivity index (χ2v) is 4.90. The molecular weight excluding hydrogens is 290 g/mol. The molecule has 1 amide bonds. The first-order chi connectivity index (χ1) is 8.66. The van der Waals surface area contributed by atoms with Gasteiger partial charge in [-0.2, -0.15) is 0 Å². The molecule has 0 bridgehead atoms. The van der Waals surface area contributed by atoms with Gasteiger partial charge in [-0.15, -0.1) is 12.4 Å². The molecule has 0 unspecified atom stereocenters. The summed E-state index contributed by atoms with van der Waals surface area (Å²) in [6, 6.07) is 4.45. The molecule has 2 N–H and O–H groups in total. The van der Waals surface area contributed by atoms with Gasteiger partial charge < -0.3 is 10.6 Å². The summed E-state index contributed by atoms with van der Waals surface area (Å²) < 4.78 is 13.4. The van der Waals surface area contributed by atoms with Crippen molar-refractivity contribution in [2.75, 3.05) is 13.1 Å². The summed E-state index contributed by atoms with van der Waals surface area (Å²) in [6.45, 7) is 1.59. The van der Waals surface area contributed by atoms with Crippen LogP contribution in [0.2, 0.25) is 5.02 Å². The first-order valence-electron chi connectivity index (χ1n) is 6.13. The van der Waals surface area contributed by atoms with Crippen molar-refractivity contribution < 1.29 is 9.18 Å². The van der Waals surface area contributed by atoms with E-state index in [4.69, 9.17) is 11.6 Å². The summed E-state index contributed by atoms with van der Waals surface area (Å²) in [5.41, 5.74) is 0.00174. The smallest absolute Gasteiger partial charge is 0.254 e. The number of rotatable bonds is 4. The van der Waals surface area contributed by atoms with E-state index in [1.54, 1.807) is 0 Å². The standard InChI is InChI=1S/C13H16ClFN2O.ClH/c14-9-3-4-12(15)11(8-9)13(18)17-7-5-10-2-1-6-16-10;/h3-4,8,10,16H,1-2,5-7H2,(H,17,18);1H/t10-;/m1./s1. The molecule has 6 heteroatoms. The van der Waals surface area contributed by atoms with Crippen molar-refractivity contribution in [3.05, 3.63) is 34.6 Å². The van der Waals surface area contributed by atoms with Crippen LogP contribution in [0.25, 0.3) is 0 Å².